The number of carbonyl (C=O) groups excluding carboxylic acids is 2. The van der Waals surface area contributed by atoms with Crippen molar-refractivity contribution in [2.24, 2.45) is 0 Å². The van der Waals surface area contributed by atoms with E-state index in [1.165, 1.54) is 16.2 Å². The normalized spacial score (nSPS) is 10.1. The van der Waals surface area contributed by atoms with E-state index in [0.29, 0.717) is 16.4 Å². The molecular weight excluding hydrogens is 370 g/mol. The van der Waals surface area contributed by atoms with Gasteiger partial charge in [-0.3, -0.25) is 4.79 Å². The summed E-state index contributed by atoms with van der Waals surface area (Å²) in [7, 11) is 3.12. The number of thiophene rings is 1. The van der Waals surface area contributed by atoms with Gasteiger partial charge in [-0.1, -0.05) is 0 Å². The highest BCUT2D eigenvalue weighted by atomic mass is 79.9. The molecule has 0 atom stereocenters. The Balaban J connectivity index is 1.91. The molecule has 1 aromatic heterocycles. The molecule has 116 valence electrons. The standard InChI is InChI=1S/C15H14BrNO4S/c1-17(15(19)12-7-8-13(16)22-12)9-14(18)21-11-5-3-10(20-2)4-6-11/h3-8H,9H2,1-2H3. The Kier molecular flexibility index (Phi) is 5.57. The number of hydrogen-bond acceptors (Lipinski definition) is 5. The molecule has 22 heavy (non-hydrogen) atoms. The summed E-state index contributed by atoms with van der Waals surface area (Å²) in [5.74, 6) is 0.361. The molecule has 1 heterocycles. The van der Waals surface area contributed by atoms with Crippen LogP contribution in [0.25, 0.3) is 0 Å². The number of amides is 1. The van der Waals surface area contributed by atoms with Gasteiger partial charge in [-0.05, 0) is 52.3 Å². The van der Waals surface area contributed by atoms with Gasteiger partial charge in [0.15, 0.2) is 0 Å². The van der Waals surface area contributed by atoms with Gasteiger partial charge in [-0.15, -0.1) is 11.3 Å². The number of methoxy groups -OCH3 is 1. The molecule has 0 bridgehead atoms. The number of benzene rings is 1. The lowest BCUT2D eigenvalue weighted by Gasteiger charge is -2.15. The van der Waals surface area contributed by atoms with Crippen molar-refractivity contribution in [2.75, 3.05) is 20.7 Å². The molecule has 0 radical (unpaired) electrons. The smallest absolute Gasteiger partial charge is 0.331 e. The number of likely N-dealkylation sites (N-methyl/N-ethyl adjacent to an activating group) is 1. The Morgan fingerprint density at radius 2 is 1.77 bits per heavy atom. The highest BCUT2D eigenvalue weighted by Gasteiger charge is 2.17. The minimum atomic E-state index is -0.503. The van der Waals surface area contributed by atoms with Crippen LogP contribution in [-0.2, 0) is 4.79 Å². The van der Waals surface area contributed by atoms with E-state index in [1.54, 1.807) is 50.6 Å². The first-order valence-electron chi connectivity index (χ1n) is 6.35. The number of ether oxygens (including phenoxy) is 2. The lowest BCUT2D eigenvalue weighted by molar-refractivity contribution is -0.134. The Morgan fingerprint density at radius 1 is 1.14 bits per heavy atom. The van der Waals surface area contributed by atoms with Crippen molar-refractivity contribution in [3.63, 3.8) is 0 Å². The van der Waals surface area contributed by atoms with Crippen LogP contribution in [0, 0.1) is 0 Å². The highest BCUT2D eigenvalue weighted by Crippen LogP contribution is 2.23. The summed E-state index contributed by atoms with van der Waals surface area (Å²) >= 11 is 4.62. The first kappa shape index (κ1) is 16.5. The summed E-state index contributed by atoms with van der Waals surface area (Å²) in [6, 6.07) is 10.2. The molecule has 0 aliphatic rings. The van der Waals surface area contributed by atoms with E-state index in [-0.39, 0.29) is 12.5 Å². The third kappa shape index (κ3) is 4.32. The fourth-order valence-electron chi connectivity index (χ4n) is 1.69. The van der Waals surface area contributed by atoms with Crippen LogP contribution in [0.4, 0.5) is 0 Å². The fraction of sp³-hybridized carbons (Fsp3) is 0.200. The molecule has 0 aliphatic carbocycles. The molecule has 0 aliphatic heterocycles. The molecule has 0 saturated carbocycles. The summed E-state index contributed by atoms with van der Waals surface area (Å²) in [6.07, 6.45) is 0. The van der Waals surface area contributed by atoms with Crippen molar-refractivity contribution in [1.82, 2.24) is 4.90 Å². The van der Waals surface area contributed by atoms with E-state index in [4.69, 9.17) is 9.47 Å². The fourth-order valence-corrected chi connectivity index (χ4v) is 3.07. The van der Waals surface area contributed by atoms with Crippen LogP contribution in [0.1, 0.15) is 9.67 Å². The van der Waals surface area contributed by atoms with Crippen LogP contribution in [0.5, 0.6) is 11.5 Å². The number of esters is 1. The number of rotatable bonds is 5. The molecule has 7 heteroatoms. The number of carbonyl (C=O) groups is 2. The van der Waals surface area contributed by atoms with Gasteiger partial charge in [-0.2, -0.15) is 0 Å². The van der Waals surface area contributed by atoms with Crippen LogP contribution in [0.15, 0.2) is 40.2 Å². The predicted molar refractivity (Wildman–Crippen MR) is 87.6 cm³/mol. The van der Waals surface area contributed by atoms with Gasteiger partial charge in [0.2, 0.25) is 0 Å². The maximum atomic E-state index is 12.1. The van der Waals surface area contributed by atoms with Crippen molar-refractivity contribution in [3.8, 4) is 11.5 Å². The van der Waals surface area contributed by atoms with Gasteiger partial charge in [0, 0.05) is 7.05 Å². The van der Waals surface area contributed by atoms with Crippen LogP contribution < -0.4 is 9.47 Å². The third-order valence-electron chi connectivity index (χ3n) is 2.79. The van der Waals surface area contributed by atoms with E-state index in [2.05, 4.69) is 15.9 Å². The van der Waals surface area contributed by atoms with Crippen LogP contribution in [-0.4, -0.2) is 37.5 Å². The zero-order valence-electron chi connectivity index (χ0n) is 12.0. The third-order valence-corrected chi connectivity index (χ3v) is 4.40. The minimum Gasteiger partial charge on any atom is -0.497 e. The molecule has 0 spiro atoms. The molecule has 2 rings (SSSR count). The second-order valence-electron chi connectivity index (χ2n) is 4.41. The van der Waals surface area contributed by atoms with E-state index in [1.807, 2.05) is 0 Å². The molecule has 0 N–H and O–H groups in total. The Morgan fingerprint density at radius 3 is 2.32 bits per heavy atom. The van der Waals surface area contributed by atoms with Gasteiger partial charge in [0.05, 0.1) is 15.8 Å². The van der Waals surface area contributed by atoms with Crippen molar-refractivity contribution < 1.29 is 19.1 Å². The summed E-state index contributed by atoms with van der Waals surface area (Å²) in [4.78, 5) is 25.9. The van der Waals surface area contributed by atoms with Crippen molar-refractivity contribution >= 4 is 39.1 Å². The summed E-state index contributed by atoms with van der Waals surface area (Å²) in [5.41, 5.74) is 0. The number of halogens is 1. The SMILES string of the molecule is COc1ccc(OC(=O)CN(C)C(=O)c2ccc(Br)s2)cc1. The van der Waals surface area contributed by atoms with Gasteiger partial charge in [0.1, 0.15) is 18.0 Å². The summed E-state index contributed by atoms with van der Waals surface area (Å²) < 4.78 is 11.1. The zero-order valence-corrected chi connectivity index (χ0v) is 14.4. The predicted octanol–water partition coefficient (Wildman–Crippen LogP) is 3.20. The summed E-state index contributed by atoms with van der Waals surface area (Å²) in [5, 5.41) is 0. The van der Waals surface area contributed by atoms with Crippen molar-refractivity contribution in [2.45, 2.75) is 0 Å². The van der Waals surface area contributed by atoms with Gasteiger partial charge in [0.25, 0.3) is 5.91 Å². The van der Waals surface area contributed by atoms with Gasteiger partial charge in [-0.25, -0.2) is 4.79 Å². The lowest BCUT2D eigenvalue weighted by atomic mass is 10.3. The molecule has 1 amide bonds. The Hall–Kier alpha value is -1.86. The largest absolute Gasteiger partial charge is 0.497 e. The van der Waals surface area contributed by atoms with Gasteiger partial charge < -0.3 is 14.4 Å². The Bertz CT molecular complexity index is 668. The summed E-state index contributed by atoms with van der Waals surface area (Å²) in [6.45, 7) is -0.125. The highest BCUT2D eigenvalue weighted by molar-refractivity contribution is 9.11. The second-order valence-corrected chi connectivity index (χ2v) is 6.88. The van der Waals surface area contributed by atoms with E-state index in [0.717, 1.165) is 3.79 Å². The number of hydrogen-bond donors (Lipinski definition) is 0. The maximum absolute atomic E-state index is 12.1. The topological polar surface area (TPSA) is 55.8 Å². The molecule has 0 fully saturated rings. The first-order chi connectivity index (χ1) is 10.5. The Labute approximate surface area is 140 Å². The lowest BCUT2D eigenvalue weighted by Crippen LogP contribution is -2.33. The maximum Gasteiger partial charge on any atom is 0.331 e. The second kappa shape index (κ2) is 7.42. The quantitative estimate of drug-likeness (QED) is 0.587. The van der Waals surface area contributed by atoms with E-state index < -0.39 is 5.97 Å². The molecular formula is C15H14BrNO4S. The monoisotopic (exact) mass is 383 g/mol. The zero-order chi connectivity index (χ0) is 16.1. The molecule has 2 aromatic rings. The van der Waals surface area contributed by atoms with Crippen LogP contribution in [0.3, 0.4) is 0 Å². The minimum absolute atomic E-state index is 0.125. The van der Waals surface area contributed by atoms with E-state index >= 15 is 0 Å². The average Bonchev–Trinajstić information content (AvgIpc) is 2.93. The van der Waals surface area contributed by atoms with Crippen molar-refractivity contribution in [3.05, 3.63) is 45.1 Å². The molecule has 1 aromatic carbocycles. The molecule has 5 nitrogen and oxygen atoms in total. The van der Waals surface area contributed by atoms with E-state index in [9.17, 15) is 9.59 Å². The average molecular weight is 384 g/mol. The number of nitrogens with zero attached hydrogens (tertiary/aromatic N) is 1. The molecule has 0 unspecified atom stereocenters. The van der Waals surface area contributed by atoms with Crippen LogP contribution in [0.2, 0.25) is 0 Å². The van der Waals surface area contributed by atoms with Crippen LogP contribution >= 0.6 is 27.3 Å². The molecule has 0 saturated heterocycles. The van der Waals surface area contributed by atoms with Gasteiger partial charge >= 0.3 is 5.97 Å². The first-order valence-corrected chi connectivity index (χ1v) is 7.96. The van der Waals surface area contributed by atoms with Crippen molar-refractivity contribution in [1.29, 1.82) is 0 Å².